The molecule has 2 N–H and O–H groups in total. The van der Waals surface area contributed by atoms with E-state index in [1.54, 1.807) is 6.20 Å². The Bertz CT molecular complexity index is 465. The zero-order chi connectivity index (χ0) is 13.7. The molecule has 4 heteroatoms. The lowest BCUT2D eigenvalue weighted by atomic mass is 9.99. The van der Waals surface area contributed by atoms with Crippen LogP contribution < -0.4 is 5.73 Å². The Labute approximate surface area is 119 Å². The fraction of sp³-hybridized carbons (Fsp3) is 0.400. The summed E-state index contributed by atoms with van der Waals surface area (Å²) in [5.41, 5.74) is 8.07. The quantitative estimate of drug-likeness (QED) is 0.838. The third-order valence-electron chi connectivity index (χ3n) is 3.38. The molecule has 0 aromatic heterocycles. The van der Waals surface area contributed by atoms with Gasteiger partial charge in [-0.1, -0.05) is 49.2 Å². The Balaban J connectivity index is 2.23. The van der Waals surface area contributed by atoms with Crippen LogP contribution in [0.25, 0.3) is 0 Å². The molecule has 1 aliphatic rings. The number of benzene rings is 1. The molecule has 0 aliphatic carbocycles. The second-order valence-electron chi connectivity index (χ2n) is 4.69. The maximum absolute atomic E-state index is 6.27. The summed E-state index contributed by atoms with van der Waals surface area (Å²) >= 11 is 6.27. The van der Waals surface area contributed by atoms with Gasteiger partial charge in [0.2, 0.25) is 0 Å². The van der Waals surface area contributed by atoms with Crippen LogP contribution in [0.1, 0.15) is 36.9 Å². The normalized spacial score (nSPS) is 16.4. The minimum absolute atomic E-state index is 0.298. The number of hydrogen-bond acceptors (Lipinski definition) is 3. The van der Waals surface area contributed by atoms with Gasteiger partial charge in [0.25, 0.3) is 0 Å². The highest BCUT2D eigenvalue weighted by molar-refractivity contribution is 6.29. The van der Waals surface area contributed by atoms with E-state index in [9.17, 15) is 0 Å². The molecule has 19 heavy (non-hydrogen) atoms. The maximum Gasteiger partial charge on any atom is 0.124 e. The SMILES string of the molecule is CCCC(c1ccc(CN)cc1)N1CC=NC=C1Cl. The van der Waals surface area contributed by atoms with Crippen molar-refractivity contribution in [2.75, 3.05) is 6.54 Å². The van der Waals surface area contributed by atoms with Gasteiger partial charge in [-0.3, -0.25) is 4.99 Å². The third-order valence-corrected chi connectivity index (χ3v) is 3.69. The molecule has 0 saturated carbocycles. The number of rotatable bonds is 5. The molecular formula is C15H20ClN3. The van der Waals surface area contributed by atoms with Crippen LogP contribution in [0.2, 0.25) is 0 Å². The third kappa shape index (κ3) is 3.37. The highest BCUT2D eigenvalue weighted by Gasteiger charge is 2.21. The number of hydrogen-bond donors (Lipinski definition) is 1. The minimum atomic E-state index is 0.298. The molecule has 2 rings (SSSR count). The second-order valence-corrected chi connectivity index (χ2v) is 5.07. The van der Waals surface area contributed by atoms with Gasteiger partial charge in [-0.2, -0.15) is 0 Å². The standard InChI is InChI=1S/C15H20ClN3/c1-2-3-14(19-9-8-18-11-15(19)16)13-6-4-12(10-17)5-7-13/h4-8,11,14H,2-3,9-10,17H2,1H3. The summed E-state index contributed by atoms with van der Waals surface area (Å²) in [6.45, 7) is 3.53. The van der Waals surface area contributed by atoms with Gasteiger partial charge in [-0.15, -0.1) is 0 Å². The zero-order valence-corrected chi connectivity index (χ0v) is 12.0. The number of aliphatic imine (C=N–C) groups is 1. The Morgan fingerprint density at radius 2 is 2.11 bits per heavy atom. The lowest BCUT2D eigenvalue weighted by Crippen LogP contribution is -2.29. The minimum Gasteiger partial charge on any atom is -0.349 e. The Morgan fingerprint density at radius 3 is 2.68 bits per heavy atom. The van der Waals surface area contributed by atoms with E-state index in [0.717, 1.165) is 24.9 Å². The maximum atomic E-state index is 6.27. The first-order chi connectivity index (χ1) is 9.26. The van der Waals surface area contributed by atoms with Crippen LogP contribution in [0, 0.1) is 0 Å². The van der Waals surface area contributed by atoms with Crippen molar-refractivity contribution >= 4 is 17.8 Å². The number of halogens is 1. The second kappa shape index (κ2) is 6.73. The van der Waals surface area contributed by atoms with Gasteiger partial charge in [0.05, 0.1) is 18.8 Å². The van der Waals surface area contributed by atoms with Gasteiger partial charge in [-0.25, -0.2) is 0 Å². The summed E-state index contributed by atoms with van der Waals surface area (Å²) in [5.74, 6) is 0. The van der Waals surface area contributed by atoms with Crippen LogP contribution in [0.5, 0.6) is 0 Å². The van der Waals surface area contributed by atoms with Crippen molar-refractivity contribution in [1.29, 1.82) is 0 Å². The van der Waals surface area contributed by atoms with E-state index < -0.39 is 0 Å². The van der Waals surface area contributed by atoms with Gasteiger partial charge in [0.15, 0.2) is 0 Å². The molecule has 1 aromatic rings. The average Bonchev–Trinajstić information content (AvgIpc) is 2.46. The number of nitrogens with zero attached hydrogens (tertiary/aromatic N) is 2. The molecule has 1 unspecified atom stereocenters. The van der Waals surface area contributed by atoms with Gasteiger partial charge in [0, 0.05) is 12.8 Å². The van der Waals surface area contributed by atoms with Crippen molar-refractivity contribution in [3.63, 3.8) is 0 Å². The van der Waals surface area contributed by atoms with Gasteiger partial charge in [0.1, 0.15) is 5.16 Å². The molecule has 1 heterocycles. The van der Waals surface area contributed by atoms with Gasteiger partial charge in [-0.05, 0) is 17.5 Å². The highest BCUT2D eigenvalue weighted by atomic mass is 35.5. The smallest absolute Gasteiger partial charge is 0.124 e. The van der Waals surface area contributed by atoms with E-state index in [2.05, 4.69) is 41.1 Å². The molecule has 1 aromatic carbocycles. The lowest BCUT2D eigenvalue weighted by molar-refractivity contribution is 0.286. The van der Waals surface area contributed by atoms with Crippen molar-refractivity contribution in [3.8, 4) is 0 Å². The molecule has 0 bridgehead atoms. The van der Waals surface area contributed by atoms with Crippen LogP contribution in [-0.2, 0) is 6.54 Å². The molecular weight excluding hydrogens is 258 g/mol. The monoisotopic (exact) mass is 277 g/mol. The molecule has 0 spiro atoms. The molecule has 0 amide bonds. The predicted molar refractivity (Wildman–Crippen MR) is 81.1 cm³/mol. The first kappa shape index (κ1) is 14.1. The van der Waals surface area contributed by atoms with Crippen LogP contribution >= 0.6 is 11.6 Å². The van der Waals surface area contributed by atoms with E-state index in [0.29, 0.717) is 17.7 Å². The molecule has 3 nitrogen and oxygen atoms in total. The Morgan fingerprint density at radius 1 is 1.37 bits per heavy atom. The van der Waals surface area contributed by atoms with E-state index in [1.165, 1.54) is 5.56 Å². The van der Waals surface area contributed by atoms with Crippen molar-refractivity contribution in [1.82, 2.24) is 4.90 Å². The fourth-order valence-corrected chi connectivity index (χ4v) is 2.58. The van der Waals surface area contributed by atoms with E-state index in [4.69, 9.17) is 17.3 Å². The topological polar surface area (TPSA) is 41.6 Å². The van der Waals surface area contributed by atoms with Gasteiger partial charge >= 0.3 is 0 Å². The van der Waals surface area contributed by atoms with Crippen molar-refractivity contribution < 1.29 is 0 Å². The highest BCUT2D eigenvalue weighted by Crippen LogP contribution is 2.31. The summed E-state index contributed by atoms with van der Waals surface area (Å²) < 4.78 is 0. The summed E-state index contributed by atoms with van der Waals surface area (Å²) in [7, 11) is 0. The summed E-state index contributed by atoms with van der Waals surface area (Å²) in [6, 6.07) is 8.78. The van der Waals surface area contributed by atoms with E-state index >= 15 is 0 Å². The van der Waals surface area contributed by atoms with Crippen LogP contribution in [0.15, 0.2) is 40.6 Å². The first-order valence-electron chi connectivity index (χ1n) is 6.69. The van der Waals surface area contributed by atoms with Crippen LogP contribution in [-0.4, -0.2) is 17.7 Å². The molecule has 102 valence electrons. The molecule has 0 saturated heterocycles. The van der Waals surface area contributed by atoms with E-state index in [1.807, 2.05) is 6.21 Å². The average molecular weight is 278 g/mol. The summed E-state index contributed by atoms with van der Waals surface area (Å²) in [4.78, 5) is 6.28. The molecule has 1 aliphatic heterocycles. The first-order valence-corrected chi connectivity index (χ1v) is 7.07. The molecule has 1 atom stereocenters. The zero-order valence-electron chi connectivity index (χ0n) is 11.2. The Kier molecular flexibility index (Phi) is 5.00. The summed E-state index contributed by atoms with van der Waals surface area (Å²) in [5, 5.41) is 0.712. The molecule has 0 fully saturated rings. The largest absolute Gasteiger partial charge is 0.349 e. The predicted octanol–water partition coefficient (Wildman–Crippen LogP) is 3.41. The molecule has 0 radical (unpaired) electrons. The summed E-state index contributed by atoms with van der Waals surface area (Å²) in [6.07, 6.45) is 5.78. The van der Waals surface area contributed by atoms with Crippen molar-refractivity contribution in [2.24, 2.45) is 10.7 Å². The van der Waals surface area contributed by atoms with Crippen molar-refractivity contribution in [2.45, 2.75) is 32.4 Å². The fourth-order valence-electron chi connectivity index (χ4n) is 2.34. The van der Waals surface area contributed by atoms with Gasteiger partial charge < -0.3 is 10.6 Å². The van der Waals surface area contributed by atoms with Crippen LogP contribution in [0.3, 0.4) is 0 Å². The van der Waals surface area contributed by atoms with E-state index in [-0.39, 0.29) is 0 Å². The number of nitrogens with two attached hydrogens (primary N) is 1. The van der Waals surface area contributed by atoms with Crippen molar-refractivity contribution in [3.05, 3.63) is 46.7 Å². The lowest BCUT2D eigenvalue weighted by Gasteiger charge is -2.33. The Hall–Kier alpha value is -1.32. The van der Waals surface area contributed by atoms with Crippen LogP contribution in [0.4, 0.5) is 0 Å².